The van der Waals surface area contributed by atoms with E-state index in [1.54, 1.807) is 0 Å². The minimum absolute atomic E-state index is 0. The first-order valence-electron chi connectivity index (χ1n) is 3.36. The van der Waals surface area contributed by atoms with E-state index >= 15 is 0 Å². The Morgan fingerprint density at radius 1 is 1.69 bits per heavy atom. The third kappa shape index (κ3) is 9.65. The fraction of sp³-hybridized carbons (Fsp3) is 0.800. The summed E-state index contributed by atoms with van der Waals surface area (Å²) < 4.78 is 0. The number of nitrogens with one attached hydrogen (secondary N) is 2. The van der Waals surface area contributed by atoms with Crippen LogP contribution in [0.4, 0.5) is 0 Å². The summed E-state index contributed by atoms with van der Waals surface area (Å²) >= 11 is 0. The molecule has 1 aliphatic rings. The van der Waals surface area contributed by atoms with Gasteiger partial charge in [-0.2, -0.15) is 0 Å². The van der Waals surface area contributed by atoms with Crippen molar-refractivity contribution in [2.45, 2.75) is 18.9 Å². The van der Waals surface area contributed by atoms with E-state index in [4.69, 9.17) is 21.1 Å². The number of amides is 1. The van der Waals surface area contributed by atoms with Gasteiger partial charge in [0, 0.05) is 38.8 Å². The zero-order chi connectivity index (χ0) is 9.56. The minimum atomic E-state index is -1.50. The molecule has 1 aliphatic heterocycles. The maximum atomic E-state index is 10.3. The summed E-state index contributed by atoms with van der Waals surface area (Å²) in [5.41, 5.74) is 6.67. The van der Waals surface area contributed by atoms with Gasteiger partial charge in [0.2, 0.25) is 0 Å². The monoisotopic (exact) mass is 265 g/mol. The first-order valence-corrected chi connectivity index (χ1v) is 3.36. The summed E-state index contributed by atoms with van der Waals surface area (Å²) in [7, 11) is 0. The molecular formula is C5H10N3O4Y-. The van der Waals surface area contributed by atoms with Gasteiger partial charge in [0.05, 0.1) is 5.91 Å². The van der Waals surface area contributed by atoms with Gasteiger partial charge in [-0.3, -0.25) is 0 Å². The molecule has 0 saturated carbocycles. The maximum absolute atomic E-state index is 10.3. The van der Waals surface area contributed by atoms with Crippen LogP contribution in [-0.4, -0.2) is 28.8 Å². The molecule has 1 rings (SSSR count). The van der Waals surface area contributed by atoms with Crippen LogP contribution in [0.15, 0.2) is 0 Å². The zero-order valence-corrected chi connectivity index (χ0v) is 9.73. The number of hydrogen-bond acceptors (Lipinski definition) is 4. The van der Waals surface area contributed by atoms with Gasteiger partial charge in [-0.05, 0) is 19.4 Å². The van der Waals surface area contributed by atoms with E-state index in [9.17, 15) is 4.79 Å². The number of nitrogens with zero attached hydrogens (tertiary/aromatic N) is 1. The van der Waals surface area contributed by atoms with E-state index < -0.39 is 11.0 Å². The second kappa shape index (κ2) is 8.34. The quantitative estimate of drug-likeness (QED) is 0.510. The van der Waals surface area contributed by atoms with Gasteiger partial charge in [0.1, 0.15) is 0 Å². The molecule has 1 atom stereocenters. The molecule has 73 valence electrons. The standard InChI is InChI=1S/C5H10N2O.HNO3.Y/c6-5(8)4-2-1-3-7-4;2-1(3)4;/h4,7H,1-3H2,(H2,6,8);(H,2,3,4);/p-1. The minimum Gasteiger partial charge on any atom is -0.666 e. The average molecular weight is 265 g/mol. The SMILES string of the molecule is O=[N+]([O-])O.[NH-]C(=O)C1CCCN1.[Y]. The van der Waals surface area contributed by atoms with E-state index in [2.05, 4.69) is 5.32 Å². The molecule has 1 fully saturated rings. The van der Waals surface area contributed by atoms with Crippen LogP contribution < -0.4 is 5.32 Å². The Kier molecular flexibility index (Phi) is 9.76. The van der Waals surface area contributed by atoms with Gasteiger partial charge in [-0.1, -0.05) is 0 Å². The van der Waals surface area contributed by atoms with Crippen molar-refractivity contribution in [3.05, 3.63) is 15.8 Å². The second-order valence-electron chi connectivity index (χ2n) is 2.25. The summed E-state index contributed by atoms with van der Waals surface area (Å²) in [5.74, 6) is -0.470. The molecule has 3 N–H and O–H groups in total. The fourth-order valence-corrected chi connectivity index (χ4v) is 0.908. The first kappa shape index (κ1) is 15.2. The molecule has 0 aromatic carbocycles. The van der Waals surface area contributed by atoms with E-state index in [0.29, 0.717) is 0 Å². The molecular weight excluding hydrogens is 255 g/mol. The van der Waals surface area contributed by atoms with Crippen molar-refractivity contribution in [2.75, 3.05) is 6.54 Å². The van der Waals surface area contributed by atoms with Crippen molar-refractivity contribution in [3.8, 4) is 0 Å². The summed E-state index contributed by atoms with van der Waals surface area (Å²) in [5, 5.41) is 16.6. The molecule has 1 saturated heterocycles. The van der Waals surface area contributed by atoms with E-state index in [1.807, 2.05) is 0 Å². The third-order valence-electron chi connectivity index (χ3n) is 1.38. The Bertz CT molecular complexity index is 167. The number of rotatable bonds is 1. The van der Waals surface area contributed by atoms with Crippen LogP contribution in [0.2, 0.25) is 0 Å². The van der Waals surface area contributed by atoms with Gasteiger partial charge in [0.15, 0.2) is 0 Å². The van der Waals surface area contributed by atoms with E-state index in [1.165, 1.54) is 0 Å². The summed E-state index contributed by atoms with van der Waals surface area (Å²) in [6.07, 6.45) is 1.89. The Morgan fingerprint density at radius 3 is 2.31 bits per heavy atom. The van der Waals surface area contributed by atoms with E-state index in [-0.39, 0.29) is 38.8 Å². The fourth-order valence-electron chi connectivity index (χ4n) is 0.908. The first-order chi connectivity index (χ1) is 5.54. The van der Waals surface area contributed by atoms with Crippen LogP contribution in [0.3, 0.4) is 0 Å². The van der Waals surface area contributed by atoms with Crippen molar-refractivity contribution in [1.29, 1.82) is 0 Å². The summed E-state index contributed by atoms with van der Waals surface area (Å²) in [4.78, 5) is 18.6. The zero-order valence-electron chi connectivity index (χ0n) is 6.90. The largest absolute Gasteiger partial charge is 0.666 e. The summed E-state index contributed by atoms with van der Waals surface area (Å²) in [6.45, 7) is 0.898. The smallest absolute Gasteiger partial charge is 0.291 e. The molecule has 13 heavy (non-hydrogen) atoms. The van der Waals surface area contributed by atoms with Gasteiger partial charge < -0.3 is 21.1 Å². The molecule has 1 unspecified atom stereocenters. The maximum Gasteiger partial charge on any atom is 0.291 e. The number of hydrogen-bond donors (Lipinski definition) is 2. The Hall–Kier alpha value is -0.266. The molecule has 1 amide bonds. The van der Waals surface area contributed by atoms with Crippen LogP contribution in [0, 0.1) is 10.1 Å². The van der Waals surface area contributed by atoms with Crippen LogP contribution in [0.1, 0.15) is 12.8 Å². The predicted molar refractivity (Wildman–Crippen MR) is 39.1 cm³/mol. The molecule has 0 aliphatic carbocycles. The Balaban J connectivity index is 0. The molecule has 1 radical (unpaired) electrons. The second-order valence-corrected chi connectivity index (χ2v) is 2.25. The van der Waals surface area contributed by atoms with Gasteiger partial charge in [-0.15, -0.1) is 10.1 Å². The van der Waals surface area contributed by atoms with Crippen molar-refractivity contribution >= 4 is 5.91 Å². The molecule has 0 bridgehead atoms. The van der Waals surface area contributed by atoms with Gasteiger partial charge in [-0.25, -0.2) is 0 Å². The van der Waals surface area contributed by atoms with Crippen molar-refractivity contribution in [3.63, 3.8) is 0 Å². The Morgan fingerprint density at radius 2 is 2.15 bits per heavy atom. The predicted octanol–water partition coefficient (Wildman–Crippen LogP) is -0.0330. The van der Waals surface area contributed by atoms with Crippen LogP contribution >= 0.6 is 0 Å². The normalized spacial score (nSPS) is 19.2. The molecule has 0 aromatic heterocycles. The molecule has 8 heteroatoms. The van der Waals surface area contributed by atoms with E-state index in [0.717, 1.165) is 19.4 Å². The topological polar surface area (TPSA) is 116 Å². The van der Waals surface area contributed by atoms with Crippen molar-refractivity contribution in [1.82, 2.24) is 5.32 Å². The number of carbonyl (C=O) groups is 1. The molecule has 0 aromatic rings. The van der Waals surface area contributed by atoms with Gasteiger partial charge in [0.25, 0.3) is 5.09 Å². The van der Waals surface area contributed by atoms with Gasteiger partial charge >= 0.3 is 0 Å². The van der Waals surface area contributed by atoms with Crippen molar-refractivity contribution in [2.24, 2.45) is 0 Å². The molecule has 7 nitrogen and oxygen atoms in total. The third-order valence-corrected chi connectivity index (χ3v) is 1.38. The van der Waals surface area contributed by atoms with Crippen LogP contribution in [0.25, 0.3) is 5.73 Å². The molecule has 0 spiro atoms. The average Bonchev–Trinajstić information content (AvgIpc) is 2.34. The Labute approximate surface area is 100 Å². The number of carbonyl (C=O) groups excluding carboxylic acids is 1. The van der Waals surface area contributed by atoms with Crippen LogP contribution in [0.5, 0.6) is 0 Å². The molecule has 1 heterocycles. The van der Waals surface area contributed by atoms with Crippen LogP contribution in [-0.2, 0) is 37.5 Å². The summed E-state index contributed by atoms with van der Waals surface area (Å²) in [6, 6.07) is -0.157. The van der Waals surface area contributed by atoms with Crippen molar-refractivity contribution < 1.29 is 47.8 Å².